The van der Waals surface area contributed by atoms with E-state index in [1.54, 1.807) is 18.2 Å². The summed E-state index contributed by atoms with van der Waals surface area (Å²) < 4.78 is 26.1. The van der Waals surface area contributed by atoms with Crippen molar-refractivity contribution in [3.8, 4) is 0 Å². The van der Waals surface area contributed by atoms with Crippen molar-refractivity contribution in [3.05, 3.63) is 23.8 Å². The third-order valence-corrected chi connectivity index (χ3v) is 5.71. The lowest BCUT2D eigenvalue weighted by molar-refractivity contribution is 0.0572. The van der Waals surface area contributed by atoms with Gasteiger partial charge in [-0.3, -0.25) is 0 Å². The molecule has 20 heavy (non-hydrogen) atoms. The average molecular weight is 298 g/mol. The number of nitrogens with one attached hydrogen (secondary N) is 1. The molecule has 0 aromatic heterocycles. The highest BCUT2D eigenvalue weighted by Gasteiger charge is 2.37. The second-order valence-electron chi connectivity index (χ2n) is 5.31. The SMILES string of the molecule is O=S(=O)(c1ccc2c(c1)CCCN2)N1CC(O)C(O)C1. The van der Waals surface area contributed by atoms with Crippen LogP contribution in [0.25, 0.3) is 0 Å². The molecular weight excluding hydrogens is 280 g/mol. The number of fused-ring (bicyclic) bond motifs is 1. The molecule has 2 unspecified atom stereocenters. The van der Waals surface area contributed by atoms with Crippen LogP contribution < -0.4 is 5.32 Å². The number of rotatable bonds is 2. The first-order valence-corrected chi connectivity index (χ1v) is 8.15. The highest BCUT2D eigenvalue weighted by atomic mass is 32.2. The second kappa shape index (κ2) is 5.00. The maximum Gasteiger partial charge on any atom is 0.243 e. The monoisotopic (exact) mass is 298 g/mol. The van der Waals surface area contributed by atoms with E-state index in [9.17, 15) is 18.6 Å². The zero-order chi connectivity index (χ0) is 14.3. The summed E-state index contributed by atoms with van der Waals surface area (Å²) in [6.45, 7) is 0.793. The minimum atomic E-state index is -3.65. The second-order valence-corrected chi connectivity index (χ2v) is 7.24. The number of anilines is 1. The fraction of sp³-hybridized carbons (Fsp3) is 0.538. The van der Waals surface area contributed by atoms with E-state index in [4.69, 9.17) is 0 Å². The van der Waals surface area contributed by atoms with E-state index in [1.165, 1.54) is 0 Å². The summed E-state index contributed by atoms with van der Waals surface area (Å²) in [6.07, 6.45) is -0.178. The molecular formula is C13H18N2O4S. The van der Waals surface area contributed by atoms with Crippen LogP contribution in [0.1, 0.15) is 12.0 Å². The van der Waals surface area contributed by atoms with Crippen molar-refractivity contribution in [1.82, 2.24) is 4.31 Å². The minimum Gasteiger partial charge on any atom is -0.389 e. The number of aryl methyl sites for hydroxylation is 1. The van der Waals surface area contributed by atoms with Gasteiger partial charge in [-0.1, -0.05) is 0 Å². The highest BCUT2D eigenvalue weighted by Crippen LogP contribution is 2.28. The summed E-state index contributed by atoms with van der Waals surface area (Å²) in [5.41, 5.74) is 1.98. The first-order chi connectivity index (χ1) is 9.48. The third kappa shape index (κ3) is 2.31. The van der Waals surface area contributed by atoms with Crippen molar-refractivity contribution >= 4 is 15.7 Å². The van der Waals surface area contributed by atoms with Crippen LogP contribution in [-0.2, 0) is 16.4 Å². The van der Waals surface area contributed by atoms with Crippen molar-refractivity contribution in [2.24, 2.45) is 0 Å². The lowest BCUT2D eigenvalue weighted by atomic mass is 10.0. The van der Waals surface area contributed by atoms with Crippen LogP contribution in [0.15, 0.2) is 23.1 Å². The van der Waals surface area contributed by atoms with Crippen molar-refractivity contribution in [1.29, 1.82) is 0 Å². The molecule has 0 radical (unpaired) electrons. The Kier molecular flexibility index (Phi) is 3.45. The molecule has 1 fully saturated rings. The summed E-state index contributed by atoms with van der Waals surface area (Å²) in [4.78, 5) is 0.223. The van der Waals surface area contributed by atoms with E-state index in [-0.39, 0.29) is 18.0 Å². The maximum absolute atomic E-state index is 12.5. The molecule has 2 aliphatic rings. The zero-order valence-corrected chi connectivity index (χ0v) is 11.8. The van der Waals surface area contributed by atoms with E-state index >= 15 is 0 Å². The first kappa shape index (κ1) is 13.8. The van der Waals surface area contributed by atoms with Crippen LogP contribution in [0.3, 0.4) is 0 Å². The largest absolute Gasteiger partial charge is 0.389 e. The fourth-order valence-electron chi connectivity index (χ4n) is 2.69. The number of aliphatic hydroxyl groups excluding tert-OH is 2. The Morgan fingerprint density at radius 3 is 2.60 bits per heavy atom. The van der Waals surface area contributed by atoms with E-state index in [1.807, 2.05) is 0 Å². The first-order valence-electron chi connectivity index (χ1n) is 6.71. The summed E-state index contributed by atoms with van der Waals surface area (Å²) in [5, 5.41) is 22.2. The molecule has 110 valence electrons. The third-order valence-electron chi connectivity index (χ3n) is 3.88. The highest BCUT2D eigenvalue weighted by molar-refractivity contribution is 7.89. The molecule has 3 rings (SSSR count). The lowest BCUT2D eigenvalue weighted by Crippen LogP contribution is -2.30. The summed E-state index contributed by atoms with van der Waals surface area (Å²) >= 11 is 0. The molecule has 0 spiro atoms. The Labute approximate surface area is 118 Å². The molecule has 6 nitrogen and oxygen atoms in total. The van der Waals surface area contributed by atoms with E-state index < -0.39 is 22.2 Å². The van der Waals surface area contributed by atoms with E-state index in [0.29, 0.717) is 0 Å². The van der Waals surface area contributed by atoms with Crippen LogP contribution in [0.5, 0.6) is 0 Å². The van der Waals surface area contributed by atoms with Crippen LogP contribution in [-0.4, -0.2) is 54.8 Å². The number of sulfonamides is 1. The smallest absolute Gasteiger partial charge is 0.243 e. The normalized spacial score (nSPS) is 27.1. The quantitative estimate of drug-likeness (QED) is 0.702. The number of hydrogen-bond acceptors (Lipinski definition) is 5. The summed E-state index contributed by atoms with van der Waals surface area (Å²) in [6, 6.07) is 5.04. The molecule has 2 heterocycles. The number of β-amino-alcohol motifs (C(OH)–C–C–N with tert-alkyl or cyclic N) is 2. The molecule has 1 aromatic carbocycles. The zero-order valence-electron chi connectivity index (χ0n) is 11.0. The number of hydrogen-bond donors (Lipinski definition) is 3. The minimum absolute atomic E-state index is 0.0567. The molecule has 1 aromatic rings. The number of nitrogens with zero attached hydrogens (tertiary/aromatic N) is 1. The Morgan fingerprint density at radius 2 is 1.90 bits per heavy atom. The van der Waals surface area contributed by atoms with Crippen molar-refractivity contribution in [3.63, 3.8) is 0 Å². The predicted octanol–water partition coefficient (Wildman–Crippen LogP) is -0.229. The van der Waals surface area contributed by atoms with Gasteiger partial charge in [-0.15, -0.1) is 0 Å². The van der Waals surface area contributed by atoms with Crippen LogP contribution in [0.4, 0.5) is 5.69 Å². The van der Waals surface area contributed by atoms with Gasteiger partial charge in [0.05, 0.1) is 17.1 Å². The van der Waals surface area contributed by atoms with Gasteiger partial charge in [0.1, 0.15) is 0 Å². The predicted molar refractivity (Wildman–Crippen MR) is 74.0 cm³/mol. The van der Waals surface area contributed by atoms with Gasteiger partial charge in [0, 0.05) is 25.3 Å². The van der Waals surface area contributed by atoms with Crippen LogP contribution in [0.2, 0.25) is 0 Å². The lowest BCUT2D eigenvalue weighted by Gasteiger charge is -2.20. The average Bonchev–Trinajstić information content (AvgIpc) is 2.79. The van der Waals surface area contributed by atoms with E-state index in [2.05, 4.69) is 5.32 Å². The van der Waals surface area contributed by atoms with E-state index in [0.717, 1.165) is 34.9 Å². The van der Waals surface area contributed by atoms with Gasteiger partial charge >= 0.3 is 0 Å². The Hall–Kier alpha value is -1.15. The Bertz CT molecular complexity index is 607. The Morgan fingerprint density at radius 1 is 1.20 bits per heavy atom. The van der Waals surface area contributed by atoms with Gasteiger partial charge in [0.2, 0.25) is 10.0 Å². The molecule has 2 atom stereocenters. The molecule has 7 heteroatoms. The van der Waals surface area contributed by atoms with Crippen LogP contribution in [0, 0.1) is 0 Å². The van der Waals surface area contributed by atoms with Crippen LogP contribution >= 0.6 is 0 Å². The molecule has 0 amide bonds. The number of benzene rings is 1. The van der Waals surface area contributed by atoms with Gasteiger partial charge < -0.3 is 15.5 Å². The van der Waals surface area contributed by atoms with Gasteiger partial charge in [-0.05, 0) is 36.6 Å². The van der Waals surface area contributed by atoms with Gasteiger partial charge in [-0.2, -0.15) is 4.31 Å². The fourth-order valence-corrected chi connectivity index (χ4v) is 4.22. The molecule has 2 aliphatic heterocycles. The van der Waals surface area contributed by atoms with Crippen molar-refractivity contribution in [2.75, 3.05) is 25.0 Å². The molecule has 0 aliphatic carbocycles. The van der Waals surface area contributed by atoms with Gasteiger partial charge in [0.25, 0.3) is 0 Å². The molecule has 0 saturated carbocycles. The summed E-state index contributed by atoms with van der Waals surface area (Å²) in [7, 11) is -3.65. The summed E-state index contributed by atoms with van der Waals surface area (Å²) in [5.74, 6) is 0. The topological polar surface area (TPSA) is 89.9 Å². The van der Waals surface area contributed by atoms with Gasteiger partial charge in [-0.25, -0.2) is 8.42 Å². The standard InChI is InChI=1S/C13H18N2O4S/c16-12-7-15(8-13(12)17)20(18,19)10-3-4-11-9(6-10)2-1-5-14-11/h3-4,6,12-14,16-17H,1-2,5,7-8H2. The number of aliphatic hydroxyl groups is 2. The molecule has 3 N–H and O–H groups in total. The van der Waals surface area contributed by atoms with Crippen molar-refractivity contribution < 1.29 is 18.6 Å². The molecule has 1 saturated heterocycles. The van der Waals surface area contributed by atoms with Crippen molar-refractivity contribution in [2.45, 2.75) is 29.9 Å². The Balaban J connectivity index is 1.92. The maximum atomic E-state index is 12.5. The van der Waals surface area contributed by atoms with Gasteiger partial charge in [0.15, 0.2) is 0 Å². The molecule has 0 bridgehead atoms.